The van der Waals surface area contributed by atoms with Crippen LogP contribution in [0, 0.1) is 24.5 Å². The van der Waals surface area contributed by atoms with Crippen LogP contribution >= 0.6 is 0 Å². The molecule has 4 rings (SSSR count). The van der Waals surface area contributed by atoms with Gasteiger partial charge in [-0.05, 0) is 73.9 Å². The Morgan fingerprint density at radius 1 is 0.951 bits per heavy atom. The highest BCUT2D eigenvalue weighted by Crippen LogP contribution is 2.30. The minimum atomic E-state index is -4.32. The molecule has 0 spiro atoms. The molecule has 0 saturated carbocycles. The summed E-state index contributed by atoms with van der Waals surface area (Å²) < 4.78 is 67.4. The third-order valence-corrected chi connectivity index (χ3v) is 7.08. The van der Waals surface area contributed by atoms with E-state index in [1.807, 2.05) is 18.6 Å². The number of aromatic nitrogens is 2. The molecule has 1 N–H and O–H groups in total. The lowest BCUT2D eigenvalue weighted by Crippen LogP contribution is -2.31. The largest absolute Gasteiger partial charge is 0.493 e. The van der Waals surface area contributed by atoms with Crippen LogP contribution in [-0.4, -0.2) is 30.9 Å². The van der Waals surface area contributed by atoms with E-state index in [-0.39, 0.29) is 30.9 Å². The summed E-state index contributed by atoms with van der Waals surface area (Å²) in [7, 11) is -4.32. The zero-order valence-electron chi connectivity index (χ0n) is 22.9. The lowest BCUT2D eigenvalue weighted by molar-refractivity contribution is 0.0973. The van der Waals surface area contributed by atoms with Crippen LogP contribution in [0.3, 0.4) is 0 Å². The van der Waals surface area contributed by atoms with E-state index in [1.54, 1.807) is 26.0 Å². The number of sulfonamides is 1. The van der Waals surface area contributed by atoms with E-state index < -0.39 is 33.7 Å². The second kappa shape index (κ2) is 12.4. The Bertz CT molecular complexity index is 1670. The van der Waals surface area contributed by atoms with Crippen molar-refractivity contribution in [3.8, 4) is 22.9 Å². The monoisotopic (exact) mass is 585 g/mol. The van der Waals surface area contributed by atoms with Gasteiger partial charge in [0, 0.05) is 20.2 Å². The molecule has 41 heavy (non-hydrogen) atoms. The Balaban J connectivity index is 0.00000323. The van der Waals surface area contributed by atoms with Crippen LogP contribution < -0.4 is 14.2 Å². The molecule has 0 aliphatic rings. The van der Waals surface area contributed by atoms with Gasteiger partial charge in [0.25, 0.3) is 15.9 Å². The molecule has 4 aromatic rings. The summed E-state index contributed by atoms with van der Waals surface area (Å²) in [5.74, 6) is -1.68. The number of hydrogen-bond acceptors (Lipinski definition) is 7. The maximum absolute atomic E-state index is 14.5. The molecule has 8 nitrogen and oxygen atoms in total. The van der Waals surface area contributed by atoms with Crippen molar-refractivity contribution in [3.05, 3.63) is 101 Å². The predicted octanol–water partition coefficient (Wildman–Crippen LogP) is 6.52. The normalized spacial score (nSPS) is 12.2. The fourth-order valence-electron chi connectivity index (χ4n) is 3.79. The minimum absolute atomic E-state index is 0. The Kier molecular flexibility index (Phi) is 8.97. The zero-order valence-corrected chi connectivity index (χ0v) is 23.7. The van der Waals surface area contributed by atoms with Gasteiger partial charge in [0.15, 0.2) is 5.03 Å². The maximum Gasteiger partial charge on any atom is 0.281 e. The number of aryl methyl sites for hydroxylation is 1. The number of ether oxygens (including phenoxy) is 2. The van der Waals surface area contributed by atoms with E-state index in [9.17, 15) is 22.0 Å². The molecule has 0 aliphatic carbocycles. The number of pyridine rings is 2. The molecule has 1 unspecified atom stereocenters. The molecule has 0 bridgehead atoms. The summed E-state index contributed by atoms with van der Waals surface area (Å²) in [6, 6.07) is 16.9. The second-order valence-electron chi connectivity index (χ2n) is 9.79. The lowest BCUT2D eigenvalue weighted by Gasteiger charge is -2.18. The molecule has 0 saturated heterocycles. The Hall–Kier alpha value is -4.38. The second-order valence-corrected chi connectivity index (χ2v) is 11.4. The molecule has 2 heterocycles. The molecule has 11 heteroatoms. The number of benzene rings is 2. The zero-order chi connectivity index (χ0) is 29.7. The van der Waals surface area contributed by atoms with Crippen molar-refractivity contribution in [2.75, 3.05) is 6.61 Å². The Morgan fingerprint density at radius 2 is 1.68 bits per heavy atom. The minimum Gasteiger partial charge on any atom is -0.493 e. The van der Waals surface area contributed by atoms with Crippen molar-refractivity contribution in [2.45, 2.75) is 38.8 Å². The van der Waals surface area contributed by atoms with Crippen molar-refractivity contribution in [1.82, 2.24) is 14.7 Å². The Labute approximate surface area is 240 Å². The number of carbonyl (C=O) groups is 1. The number of hydrogen-bond donors (Lipinski definition) is 1. The van der Waals surface area contributed by atoms with Crippen LogP contribution in [0.15, 0.2) is 77.8 Å². The first-order valence-electron chi connectivity index (χ1n) is 12.8. The van der Waals surface area contributed by atoms with Crippen molar-refractivity contribution < 1.29 is 34.3 Å². The van der Waals surface area contributed by atoms with E-state index in [2.05, 4.69) is 9.97 Å². The van der Waals surface area contributed by atoms with Crippen LogP contribution in [0.1, 0.15) is 51.3 Å². The number of nitrogens with one attached hydrogen (secondary N) is 1. The van der Waals surface area contributed by atoms with Gasteiger partial charge in [-0.25, -0.2) is 23.5 Å². The molecule has 0 radical (unpaired) electrons. The van der Waals surface area contributed by atoms with Gasteiger partial charge in [-0.3, -0.25) is 4.79 Å². The molecule has 2 aromatic carbocycles. The Morgan fingerprint density at radius 3 is 2.37 bits per heavy atom. The smallest absolute Gasteiger partial charge is 0.281 e. The fraction of sp³-hybridized carbons (Fsp3) is 0.233. The third-order valence-electron chi connectivity index (χ3n) is 5.85. The molecule has 1 atom stereocenters. The van der Waals surface area contributed by atoms with E-state index in [4.69, 9.17) is 9.47 Å². The first kappa shape index (κ1) is 29.6. The van der Waals surface area contributed by atoms with E-state index in [0.29, 0.717) is 29.2 Å². The first-order valence-corrected chi connectivity index (χ1v) is 14.3. The van der Waals surface area contributed by atoms with Crippen molar-refractivity contribution in [3.63, 3.8) is 0 Å². The van der Waals surface area contributed by atoms with Gasteiger partial charge in [0.2, 0.25) is 5.88 Å². The van der Waals surface area contributed by atoms with Crippen LogP contribution in [-0.2, 0) is 10.0 Å². The van der Waals surface area contributed by atoms with Gasteiger partial charge in [0.05, 0.1) is 12.3 Å². The van der Waals surface area contributed by atoms with Gasteiger partial charge < -0.3 is 9.47 Å². The summed E-state index contributed by atoms with van der Waals surface area (Å²) in [5, 5.41) is -0.328. The summed E-state index contributed by atoms with van der Waals surface area (Å²) in [5.41, 5.74) is 1.45. The molecular formula is C30H33F2N3O5S. The highest BCUT2D eigenvalue weighted by molar-refractivity contribution is 7.90. The molecule has 0 fully saturated rings. The summed E-state index contributed by atoms with van der Waals surface area (Å²) in [4.78, 5) is 21.7. The first-order chi connectivity index (χ1) is 19.4. The standard InChI is InChI=1S/C30H29F2N3O5S.2H2/c1-18(2)17-39-25-15-22(14-24(32)16-25)27-13-12-26(29(36)35-41(37,38)28-7-5-6-19(3)33-28)30(34-27)40-20(4)21-8-10-23(31)11-9-21;;/h5-16,18,20H,17H2,1-4H3,(H,35,36);2*1H. The third kappa shape index (κ3) is 7.63. The fourth-order valence-corrected chi connectivity index (χ4v) is 4.77. The van der Waals surface area contributed by atoms with Gasteiger partial charge in [-0.2, -0.15) is 8.42 Å². The molecule has 218 valence electrons. The summed E-state index contributed by atoms with van der Waals surface area (Å²) in [6.07, 6.45) is -0.711. The average Bonchev–Trinajstić information content (AvgIpc) is 2.91. The number of nitrogens with zero attached hydrogens (tertiary/aromatic N) is 2. The highest BCUT2D eigenvalue weighted by Gasteiger charge is 2.25. The van der Waals surface area contributed by atoms with E-state index in [1.165, 1.54) is 60.7 Å². The molecule has 2 aromatic heterocycles. The van der Waals surface area contributed by atoms with E-state index >= 15 is 0 Å². The lowest BCUT2D eigenvalue weighted by atomic mass is 10.1. The topological polar surface area (TPSA) is 107 Å². The molecule has 0 aliphatic heterocycles. The molecule has 1 amide bonds. The average molecular weight is 586 g/mol. The van der Waals surface area contributed by atoms with Gasteiger partial charge in [-0.15, -0.1) is 0 Å². The predicted molar refractivity (Wildman–Crippen MR) is 153 cm³/mol. The maximum atomic E-state index is 14.5. The number of rotatable bonds is 10. The van der Waals surface area contributed by atoms with Gasteiger partial charge >= 0.3 is 0 Å². The number of amides is 1. The van der Waals surface area contributed by atoms with Crippen LogP contribution in [0.25, 0.3) is 11.3 Å². The van der Waals surface area contributed by atoms with Gasteiger partial charge in [-0.1, -0.05) is 32.0 Å². The summed E-state index contributed by atoms with van der Waals surface area (Å²) >= 11 is 0. The SMILES string of the molecule is Cc1cccc(S(=O)(=O)NC(=O)c2ccc(-c3cc(F)cc(OCC(C)C)c3)nc2OC(C)c2ccc(F)cc2)n1.[HH].[HH]. The van der Waals surface area contributed by atoms with Crippen LogP contribution in [0.5, 0.6) is 11.6 Å². The van der Waals surface area contributed by atoms with Crippen LogP contribution in [0.4, 0.5) is 8.78 Å². The van der Waals surface area contributed by atoms with Crippen molar-refractivity contribution in [2.24, 2.45) is 5.92 Å². The quantitative estimate of drug-likeness (QED) is 0.226. The van der Waals surface area contributed by atoms with Crippen molar-refractivity contribution in [1.29, 1.82) is 0 Å². The van der Waals surface area contributed by atoms with Gasteiger partial charge in [0.1, 0.15) is 29.1 Å². The summed E-state index contributed by atoms with van der Waals surface area (Å²) in [6.45, 7) is 7.59. The van der Waals surface area contributed by atoms with E-state index in [0.717, 1.165) is 0 Å². The number of halogens is 2. The highest BCUT2D eigenvalue weighted by atomic mass is 32.2. The van der Waals surface area contributed by atoms with Crippen molar-refractivity contribution >= 4 is 15.9 Å². The number of carbonyl (C=O) groups excluding carboxylic acids is 1. The van der Waals surface area contributed by atoms with Crippen LogP contribution in [0.2, 0.25) is 0 Å². The molecular weight excluding hydrogens is 552 g/mol.